The van der Waals surface area contributed by atoms with Crippen LogP contribution in [0, 0.1) is 0 Å². The molecular formula is C22H32N2O4+2. The quantitative estimate of drug-likeness (QED) is 0.679. The van der Waals surface area contributed by atoms with E-state index in [1.165, 1.54) is 11.1 Å². The van der Waals surface area contributed by atoms with Crippen molar-refractivity contribution in [3.63, 3.8) is 0 Å². The van der Waals surface area contributed by atoms with Gasteiger partial charge >= 0.3 is 0 Å². The number of methoxy groups -OCH3 is 4. The molecule has 1 aliphatic heterocycles. The van der Waals surface area contributed by atoms with E-state index in [1.54, 1.807) is 38.2 Å². The summed E-state index contributed by atoms with van der Waals surface area (Å²) in [5.41, 5.74) is 2.54. The zero-order valence-corrected chi connectivity index (χ0v) is 17.3. The molecule has 0 spiro atoms. The second-order valence-electron chi connectivity index (χ2n) is 7.24. The third kappa shape index (κ3) is 4.88. The molecule has 1 aliphatic rings. The van der Waals surface area contributed by atoms with E-state index in [2.05, 4.69) is 30.3 Å². The fourth-order valence-electron chi connectivity index (χ4n) is 3.91. The maximum Gasteiger partial charge on any atom is 0.203 e. The van der Waals surface area contributed by atoms with Crippen molar-refractivity contribution in [1.29, 1.82) is 0 Å². The van der Waals surface area contributed by atoms with Gasteiger partial charge in [-0.1, -0.05) is 12.1 Å². The number of nitrogens with one attached hydrogen (secondary N) is 2. The van der Waals surface area contributed by atoms with Crippen molar-refractivity contribution < 1.29 is 28.7 Å². The summed E-state index contributed by atoms with van der Waals surface area (Å²) in [6.45, 7) is 6.64. The molecule has 0 amide bonds. The van der Waals surface area contributed by atoms with Gasteiger partial charge in [0.05, 0.1) is 28.4 Å². The Labute approximate surface area is 167 Å². The summed E-state index contributed by atoms with van der Waals surface area (Å²) in [7, 11) is 6.68. The molecule has 6 heteroatoms. The summed E-state index contributed by atoms with van der Waals surface area (Å²) < 4.78 is 21.7. The summed E-state index contributed by atoms with van der Waals surface area (Å²) in [6, 6.07) is 12.5. The average molecular weight is 389 g/mol. The molecule has 2 aromatic carbocycles. The highest BCUT2D eigenvalue weighted by Crippen LogP contribution is 2.37. The van der Waals surface area contributed by atoms with Gasteiger partial charge in [0.15, 0.2) is 11.5 Å². The first kappa shape index (κ1) is 20.3. The SMILES string of the molecule is COc1cccc(C[NH+]2CC[NH+](Cc3cc(OC)c(OC)c(OC)c3)CC2)c1. The molecule has 0 radical (unpaired) electrons. The van der Waals surface area contributed by atoms with Gasteiger partial charge in [0.25, 0.3) is 0 Å². The molecule has 2 aromatic rings. The Kier molecular flexibility index (Phi) is 7.01. The molecule has 1 heterocycles. The fraction of sp³-hybridized carbons (Fsp3) is 0.455. The van der Waals surface area contributed by atoms with Crippen LogP contribution in [-0.2, 0) is 13.1 Å². The van der Waals surface area contributed by atoms with E-state index in [0.717, 1.165) is 56.5 Å². The Morgan fingerprint density at radius 2 is 1.25 bits per heavy atom. The molecular weight excluding hydrogens is 356 g/mol. The van der Waals surface area contributed by atoms with Crippen LogP contribution in [0.1, 0.15) is 11.1 Å². The van der Waals surface area contributed by atoms with E-state index in [0.29, 0.717) is 5.75 Å². The molecule has 1 fully saturated rings. The summed E-state index contributed by atoms with van der Waals surface area (Å²) >= 11 is 0. The highest BCUT2D eigenvalue weighted by Gasteiger charge is 2.24. The van der Waals surface area contributed by atoms with Gasteiger partial charge in [-0.05, 0) is 24.3 Å². The van der Waals surface area contributed by atoms with E-state index < -0.39 is 0 Å². The molecule has 0 aliphatic carbocycles. The molecule has 2 N–H and O–H groups in total. The van der Waals surface area contributed by atoms with Crippen LogP contribution < -0.4 is 28.7 Å². The molecule has 152 valence electrons. The second kappa shape index (κ2) is 9.66. The van der Waals surface area contributed by atoms with Crippen molar-refractivity contribution >= 4 is 0 Å². The Bertz CT molecular complexity index is 748. The lowest BCUT2D eigenvalue weighted by Crippen LogP contribution is -3.27. The van der Waals surface area contributed by atoms with Gasteiger partial charge in [-0.2, -0.15) is 0 Å². The molecule has 0 unspecified atom stereocenters. The van der Waals surface area contributed by atoms with Crippen LogP contribution in [0.25, 0.3) is 0 Å². The summed E-state index contributed by atoms with van der Waals surface area (Å²) in [6.07, 6.45) is 0. The molecule has 0 atom stereocenters. The van der Waals surface area contributed by atoms with Crippen LogP contribution in [0.4, 0.5) is 0 Å². The lowest BCUT2D eigenvalue weighted by atomic mass is 10.1. The summed E-state index contributed by atoms with van der Waals surface area (Å²) in [4.78, 5) is 3.21. The molecule has 3 rings (SSSR count). The third-order valence-electron chi connectivity index (χ3n) is 5.43. The summed E-state index contributed by atoms with van der Waals surface area (Å²) in [5, 5.41) is 0. The van der Waals surface area contributed by atoms with E-state index in [4.69, 9.17) is 18.9 Å². The Hall–Kier alpha value is -2.44. The van der Waals surface area contributed by atoms with Crippen molar-refractivity contribution in [1.82, 2.24) is 0 Å². The molecule has 28 heavy (non-hydrogen) atoms. The number of benzene rings is 2. The molecule has 0 aromatic heterocycles. The van der Waals surface area contributed by atoms with E-state index >= 15 is 0 Å². The van der Waals surface area contributed by atoms with E-state index in [1.807, 2.05) is 6.07 Å². The second-order valence-corrected chi connectivity index (χ2v) is 7.24. The van der Waals surface area contributed by atoms with E-state index in [-0.39, 0.29) is 0 Å². The average Bonchev–Trinajstić information content (AvgIpc) is 2.74. The van der Waals surface area contributed by atoms with Gasteiger partial charge in [0, 0.05) is 11.1 Å². The van der Waals surface area contributed by atoms with Crippen molar-refractivity contribution in [3.8, 4) is 23.0 Å². The number of piperazine rings is 1. The first-order chi connectivity index (χ1) is 13.7. The van der Waals surface area contributed by atoms with Gasteiger partial charge in [-0.15, -0.1) is 0 Å². The normalized spacial score (nSPS) is 19.1. The van der Waals surface area contributed by atoms with Gasteiger partial charge in [-0.3, -0.25) is 0 Å². The predicted molar refractivity (Wildman–Crippen MR) is 108 cm³/mol. The van der Waals surface area contributed by atoms with Crippen molar-refractivity contribution in [2.45, 2.75) is 13.1 Å². The van der Waals surface area contributed by atoms with Gasteiger partial charge in [-0.25, -0.2) is 0 Å². The highest BCUT2D eigenvalue weighted by molar-refractivity contribution is 5.53. The fourth-order valence-corrected chi connectivity index (χ4v) is 3.91. The minimum atomic E-state index is 0.649. The zero-order chi connectivity index (χ0) is 19.9. The third-order valence-corrected chi connectivity index (χ3v) is 5.43. The smallest absolute Gasteiger partial charge is 0.203 e. The molecule has 1 saturated heterocycles. The van der Waals surface area contributed by atoms with E-state index in [9.17, 15) is 0 Å². The van der Waals surface area contributed by atoms with Crippen LogP contribution in [0.2, 0.25) is 0 Å². The van der Waals surface area contributed by atoms with Crippen molar-refractivity contribution in [2.24, 2.45) is 0 Å². The number of rotatable bonds is 8. The lowest BCUT2D eigenvalue weighted by Gasteiger charge is -2.30. The minimum Gasteiger partial charge on any atom is -0.497 e. The zero-order valence-electron chi connectivity index (χ0n) is 17.3. The topological polar surface area (TPSA) is 45.8 Å². The van der Waals surface area contributed by atoms with Crippen LogP contribution in [0.5, 0.6) is 23.0 Å². The number of hydrogen-bond acceptors (Lipinski definition) is 4. The predicted octanol–water partition coefficient (Wildman–Crippen LogP) is 0.205. The monoisotopic (exact) mass is 388 g/mol. The van der Waals surface area contributed by atoms with Crippen LogP contribution >= 0.6 is 0 Å². The van der Waals surface area contributed by atoms with Gasteiger partial charge in [0.2, 0.25) is 5.75 Å². The number of quaternary nitrogens is 2. The number of ether oxygens (including phenoxy) is 4. The molecule has 6 nitrogen and oxygen atoms in total. The van der Waals surface area contributed by atoms with Crippen molar-refractivity contribution in [2.75, 3.05) is 54.6 Å². The van der Waals surface area contributed by atoms with Gasteiger partial charge in [0.1, 0.15) is 45.0 Å². The Balaban J connectivity index is 1.58. The largest absolute Gasteiger partial charge is 0.497 e. The maximum atomic E-state index is 5.48. The van der Waals surface area contributed by atoms with Gasteiger partial charge < -0.3 is 28.7 Å². The standard InChI is InChI=1S/C22H30N2O4/c1-25-19-7-5-6-17(12-19)15-23-8-10-24(11-9-23)16-18-13-20(26-2)22(28-4)21(14-18)27-3/h5-7,12-14H,8-11,15-16H2,1-4H3/p+2. The first-order valence-electron chi connectivity index (χ1n) is 9.75. The Morgan fingerprint density at radius 3 is 1.75 bits per heavy atom. The van der Waals surface area contributed by atoms with Crippen LogP contribution in [0.15, 0.2) is 36.4 Å². The highest BCUT2D eigenvalue weighted by atomic mass is 16.5. The summed E-state index contributed by atoms with van der Waals surface area (Å²) in [5.74, 6) is 3.02. The molecule has 0 saturated carbocycles. The van der Waals surface area contributed by atoms with Crippen LogP contribution in [-0.4, -0.2) is 54.6 Å². The first-order valence-corrected chi connectivity index (χ1v) is 9.75. The lowest BCUT2D eigenvalue weighted by molar-refractivity contribution is -1.02. The minimum absolute atomic E-state index is 0.649. The number of hydrogen-bond donors (Lipinski definition) is 2. The van der Waals surface area contributed by atoms with Crippen molar-refractivity contribution in [3.05, 3.63) is 47.5 Å². The van der Waals surface area contributed by atoms with Crippen LogP contribution in [0.3, 0.4) is 0 Å². The maximum absolute atomic E-state index is 5.48. The molecule has 0 bridgehead atoms. The Morgan fingerprint density at radius 1 is 0.679 bits per heavy atom.